The summed E-state index contributed by atoms with van der Waals surface area (Å²) >= 11 is 0. The van der Waals surface area contributed by atoms with Crippen LogP contribution in [-0.4, -0.2) is 78.2 Å². The molecule has 1 aromatic heterocycles. The quantitative estimate of drug-likeness (QED) is 0.865. The first-order valence-corrected chi connectivity index (χ1v) is 9.03. The molecule has 0 aromatic carbocycles. The van der Waals surface area contributed by atoms with Crippen LogP contribution >= 0.6 is 0 Å². The Labute approximate surface area is 144 Å². The minimum Gasteiger partial charge on any atom is -0.396 e. The van der Waals surface area contributed by atoms with Gasteiger partial charge in [-0.05, 0) is 37.4 Å². The Bertz CT molecular complexity index is 517. The van der Waals surface area contributed by atoms with Crippen molar-refractivity contribution in [3.63, 3.8) is 0 Å². The van der Waals surface area contributed by atoms with E-state index < -0.39 is 0 Å². The normalized spacial score (nSPS) is 22.6. The van der Waals surface area contributed by atoms with E-state index in [4.69, 9.17) is 0 Å². The highest BCUT2D eigenvalue weighted by Gasteiger charge is 2.23. The fraction of sp³-hybridized carbons (Fsp3) is 0.667. The van der Waals surface area contributed by atoms with Gasteiger partial charge in [-0.15, -0.1) is 0 Å². The largest absolute Gasteiger partial charge is 0.396 e. The number of likely N-dealkylation sites (tertiary alicyclic amines) is 1. The standard InChI is InChI=1S/C18H28N4O2/c23-15-16-4-3-8-20(14-16)9-6-18(24)22-12-10-21(11-13-22)17-5-1-2-7-19-17/h1-2,5,7,16,23H,3-4,6,8-15H2. The number of aromatic nitrogens is 1. The molecule has 1 aromatic rings. The highest BCUT2D eigenvalue weighted by Crippen LogP contribution is 2.17. The van der Waals surface area contributed by atoms with Crippen molar-refractivity contribution in [3.05, 3.63) is 24.4 Å². The van der Waals surface area contributed by atoms with Crippen LogP contribution in [0, 0.1) is 5.92 Å². The Morgan fingerprint density at radius 2 is 2.04 bits per heavy atom. The average molecular weight is 332 g/mol. The van der Waals surface area contributed by atoms with Crippen LogP contribution in [0.2, 0.25) is 0 Å². The average Bonchev–Trinajstić information content (AvgIpc) is 2.67. The number of rotatable bonds is 5. The first kappa shape index (κ1) is 17.2. The van der Waals surface area contributed by atoms with E-state index in [1.807, 2.05) is 29.3 Å². The molecule has 0 bridgehead atoms. The second-order valence-electron chi connectivity index (χ2n) is 6.80. The van der Waals surface area contributed by atoms with E-state index in [0.29, 0.717) is 12.3 Å². The summed E-state index contributed by atoms with van der Waals surface area (Å²) in [6.07, 6.45) is 4.63. The van der Waals surface area contributed by atoms with Gasteiger partial charge < -0.3 is 19.8 Å². The van der Waals surface area contributed by atoms with Crippen LogP contribution in [0.3, 0.4) is 0 Å². The predicted octanol–water partition coefficient (Wildman–Crippen LogP) is 0.825. The summed E-state index contributed by atoms with van der Waals surface area (Å²) in [5.74, 6) is 1.63. The molecule has 0 radical (unpaired) electrons. The van der Waals surface area contributed by atoms with E-state index in [9.17, 15) is 9.90 Å². The van der Waals surface area contributed by atoms with E-state index >= 15 is 0 Å². The minimum absolute atomic E-state index is 0.252. The van der Waals surface area contributed by atoms with Gasteiger partial charge >= 0.3 is 0 Å². The van der Waals surface area contributed by atoms with Crippen molar-refractivity contribution in [2.24, 2.45) is 5.92 Å². The Morgan fingerprint density at radius 1 is 1.21 bits per heavy atom. The molecule has 1 N–H and O–H groups in total. The zero-order chi connectivity index (χ0) is 16.8. The first-order chi connectivity index (χ1) is 11.8. The summed E-state index contributed by atoms with van der Waals surface area (Å²) < 4.78 is 0. The van der Waals surface area contributed by atoms with Gasteiger partial charge in [0.1, 0.15) is 5.82 Å². The predicted molar refractivity (Wildman–Crippen MR) is 93.9 cm³/mol. The maximum atomic E-state index is 12.5. The minimum atomic E-state index is 0.252. The number of amides is 1. The van der Waals surface area contributed by atoms with Gasteiger partial charge in [0.25, 0.3) is 0 Å². The summed E-state index contributed by atoms with van der Waals surface area (Å²) in [5, 5.41) is 9.30. The van der Waals surface area contributed by atoms with Crippen molar-refractivity contribution in [1.29, 1.82) is 0 Å². The smallest absolute Gasteiger partial charge is 0.223 e. The number of hydrogen-bond acceptors (Lipinski definition) is 5. The third-order valence-corrected chi connectivity index (χ3v) is 5.11. The van der Waals surface area contributed by atoms with E-state index in [2.05, 4.69) is 14.8 Å². The first-order valence-electron chi connectivity index (χ1n) is 9.03. The third-order valence-electron chi connectivity index (χ3n) is 5.11. The molecule has 0 saturated carbocycles. The fourth-order valence-corrected chi connectivity index (χ4v) is 3.64. The molecule has 6 heteroatoms. The van der Waals surface area contributed by atoms with Crippen LogP contribution < -0.4 is 4.90 Å². The van der Waals surface area contributed by atoms with Gasteiger partial charge in [-0.2, -0.15) is 0 Å². The number of carbonyl (C=O) groups excluding carboxylic acids is 1. The lowest BCUT2D eigenvalue weighted by Gasteiger charge is -2.36. The Morgan fingerprint density at radius 3 is 2.75 bits per heavy atom. The molecule has 24 heavy (non-hydrogen) atoms. The lowest BCUT2D eigenvalue weighted by Crippen LogP contribution is -2.49. The number of piperidine rings is 1. The lowest BCUT2D eigenvalue weighted by atomic mass is 9.99. The number of carbonyl (C=O) groups is 1. The Kier molecular flexibility index (Phi) is 6.04. The SMILES string of the molecule is O=C(CCN1CCCC(CO)C1)N1CCN(c2ccccn2)CC1. The number of anilines is 1. The van der Waals surface area contributed by atoms with Crippen molar-refractivity contribution in [1.82, 2.24) is 14.8 Å². The molecule has 2 aliphatic heterocycles. The highest BCUT2D eigenvalue weighted by atomic mass is 16.3. The maximum absolute atomic E-state index is 12.5. The molecule has 1 unspecified atom stereocenters. The second-order valence-corrected chi connectivity index (χ2v) is 6.80. The van der Waals surface area contributed by atoms with Crippen molar-refractivity contribution in [2.75, 3.05) is 57.3 Å². The summed E-state index contributed by atoms with van der Waals surface area (Å²) in [6, 6.07) is 5.94. The summed E-state index contributed by atoms with van der Waals surface area (Å²) in [7, 11) is 0. The summed E-state index contributed by atoms with van der Waals surface area (Å²) in [4.78, 5) is 23.4. The van der Waals surface area contributed by atoms with Crippen molar-refractivity contribution in [2.45, 2.75) is 19.3 Å². The molecule has 6 nitrogen and oxygen atoms in total. The van der Waals surface area contributed by atoms with Crippen LogP contribution in [0.5, 0.6) is 0 Å². The molecule has 132 valence electrons. The molecule has 3 rings (SSSR count). The molecule has 0 aliphatic carbocycles. The second kappa shape index (κ2) is 8.44. The molecule has 2 saturated heterocycles. The van der Waals surface area contributed by atoms with Crippen LogP contribution in [-0.2, 0) is 4.79 Å². The van der Waals surface area contributed by atoms with Gasteiger partial charge in [-0.1, -0.05) is 6.07 Å². The number of nitrogens with zero attached hydrogens (tertiary/aromatic N) is 4. The van der Waals surface area contributed by atoms with Crippen LogP contribution in [0.4, 0.5) is 5.82 Å². The number of aliphatic hydroxyl groups is 1. The van der Waals surface area contributed by atoms with Crippen LogP contribution in [0.1, 0.15) is 19.3 Å². The third kappa shape index (κ3) is 4.45. The number of aliphatic hydroxyl groups excluding tert-OH is 1. The molecule has 1 amide bonds. The highest BCUT2D eigenvalue weighted by molar-refractivity contribution is 5.76. The van der Waals surface area contributed by atoms with E-state index in [0.717, 1.165) is 64.5 Å². The number of piperazine rings is 1. The lowest BCUT2D eigenvalue weighted by molar-refractivity contribution is -0.131. The zero-order valence-electron chi connectivity index (χ0n) is 14.3. The molecule has 2 aliphatic rings. The Balaban J connectivity index is 1.41. The van der Waals surface area contributed by atoms with Gasteiger partial charge in [-0.25, -0.2) is 4.98 Å². The van der Waals surface area contributed by atoms with Crippen molar-refractivity contribution >= 4 is 11.7 Å². The van der Waals surface area contributed by atoms with E-state index in [1.165, 1.54) is 0 Å². The number of pyridine rings is 1. The molecule has 2 fully saturated rings. The molecular weight excluding hydrogens is 304 g/mol. The van der Waals surface area contributed by atoms with Gasteiger partial charge in [0.05, 0.1) is 0 Å². The van der Waals surface area contributed by atoms with Crippen molar-refractivity contribution in [3.8, 4) is 0 Å². The topological polar surface area (TPSA) is 59.9 Å². The van der Waals surface area contributed by atoms with Crippen LogP contribution in [0.25, 0.3) is 0 Å². The van der Waals surface area contributed by atoms with E-state index in [1.54, 1.807) is 0 Å². The Hall–Kier alpha value is -1.66. The van der Waals surface area contributed by atoms with E-state index in [-0.39, 0.29) is 12.5 Å². The van der Waals surface area contributed by atoms with Gasteiger partial charge in [0.2, 0.25) is 5.91 Å². The fourth-order valence-electron chi connectivity index (χ4n) is 3.64. The van der Waals surface area contributed by atoms with Crippen LogP contribution in [0.15, 0.2) is 24.4 Å². The molecule has 0 spiro atoms. The monoisotopic (exact) mass is 332 g/mol. The van der Waals surface area contributed by atoms with Gasteiger partial charge in [-0.3, -0.25) is 4.79 Å². The number of hydrogen-bond donors (Lipinski definition) is 1. The zero-order valence-corrected chi connectivity index (χ0v) is 14.3. The molecular formula is C18H28N4O2. The summed E-state index contributed by atoms with van der Waals surface area (Å²) in [5.41, 5.74) is 0. The summed E-state index contributed by atoms with van der Waals surface area (Å²) in [6.45, 7) is 6.30. The van der Waals surface area contributed by atoms with Crippen molar-refractivity contribution < 1.29 is 9.90 Å². The maximum Gasteiger partial charge on any atom is 0.223 e. The molecule has 1 atom stereocenters. The molecule has 3 heterocycles. The van der Waals surface area contributed by atoms with Gasteiger partial charge in [0, 0.05) is 58.5 Å². The van der Waals surface area contributed by atoms with Gasteiger partial charge in [0.15, 0.2) is 0 Å².